The van der Waals surface area contributed by atoms with Gasteiger partial charge < -0.3 is 20.1 Å². The van der Waals surface area contributed by atoms with Crippen molar-refractivity contribution >= 4 is 23.0 Å². The predicted octanol–water partition coefficient (Wildman–Crippen LogP) is 2.50. The van der Waals surface area contributed by atoms with E-state index in [2.05, 4.69) is 20.2 Å². The van der Waals surface area contributed by atoms with Crippen molar-refractivity contribution in [1.29, 1.82) is 0 Å². The molecule has 1 atom stereocenters. The normalized spacial score (nSPS) is 20.6. The van der Waals surface area contributed by atoms with Crippen molar-refractivity contribution in [2.24, 2.45) is 5.92 Å². The third-order valence-corrected chi connectivity index (χ3v) is 5.81. The fourth-order valence-corrected chi connectivity index (χ4v) is 4.38. The van der Waals surface area contributed by atoms with E-state index in [0.717, 1.165) is 36.0 Å². The molecule has 2 fully saturated rings. The van der Waals surface area contributed by atoms with Crippen LogP contribution in [0.2, 0.25) is 0 Å². The molecule has 2 aromatic rings. The lowest BCUT2D eigenvalue weighted by atomic mass is 10.1. The van der Waals surface area contributed by atoms with Gasteiger partial charge >= 0.3 is 6.03 Å². The fourth-order valence-electron chi connectivity index (χ4n) is 4.38. The van der Waals surface area contributed by atoms with Crippen LogP contribution in [0.4, 0.5) is 4.79 Å². The third-order valence-electron chi connectivity index (χ3n) is 5.81. The number of benzene rings is 1. The average molecular weight is 369 g/mol. The monoisotopic (exact) mass is 369 g/mol. The molecule has 27 heavy (non-hydrogen) atoms. The summed E-state index contributed by atoms with van der Waals surface area (Å²) in [6.07, 6.45) is 6.95. The Morgan fingerprint density at radius 2 is 2.19 bits per heavy atom. The summed E-state index contributed by atoms with van der Waals surface area (Å²) < 4.78 is 0. The Labute approximate surface area is 159 Å². The van der Waals surface area contributed by atoms with Gasteiger partial charge in [0.1, 0.15) is 0 Å². The smallest absolute Gasteiger partial charge is 0.317 e. The van der Waals surface area contributed by atoms with E-state index in [9.17, 15) is 9.59 Å². The van der Waals surface area contributed by atoms with Crippen molar-refractivity contribution in [3.8, 4) is 0 Å². The number of hydrogen-bond donors (Lipinski definition) is 2. The molecule has 1 aromatic carbocycles. The minimum Gasteiger partial charge on any atom is -0.345 e. The Morgan fingerprint density at radius 1 is 1.37 bits per heavy atom. The van der Waals surface area contributed by atoms with Gasteiger partial charge in [-0.3, -0.25) is 4.79 Å². The van der Waals surface area contributed by atoms with Gasteiger partial charge in [-0.15, -0.1) is 0 Å². The van der Waals surface area contributed by atoms with E-state index in [0.29, 0.717) is 25.6 Å². The summed E-state index contributed by atoms with van der Waals surface area (Å²) in [5.41, 5.74) is 2.91. The topological polar surface area (TPSA) is 81.3 Å². The Balaban J connectivity index is 1.27. The van der Waals surface area contributed by atoms with Crippen LogP contribution in [0.5, 0.6) is 0 Å². The lowest BCUT2D eigenvalue weighted by molar-refractivity contribution is -0.129. The molecule has 0 unspecified atom stereocenters. The van der Waals surface area contributed by atoms with Gasteiger partial charge in [0.05, 0.1) is 17.4 Å². The predicted molar refractivity (Wildman–Crippen MR) is 103 cm³/mol. The van der Waals surface area contributed by atoms with Gasteiger partial charge in [0.25, 0.3) is 0 Å². The van der Waals surface area contributed by atoms with Crippen molar-refractivity contribution < 1.29 is 9.59 Å². The van der Waals surface area contributed by atoms with Crippen LogP contribution in [0.25, 0.3) is 11.0 Å². The van der Waals surface area contributed by atoms with Gasteiger partial charge in [-0.25, -0.2) is 9.78 Å². The molecule has 2 N–H and O–H groups in total. The van der Waals surface area contributed by atoms with E-state index >= 15 is 0 Å². The molecule has 4 rings (SSSR count). The number of carbonyl (C=O) groups excluding carboxylic acids is 2. The molecule has 3 amide bonds. The average Bonchev–Trinajstić information content (AvgIpc) is 3.39. The Kier molecular flexibility index (Phi) is 5.01. The summed E-state index contributed by atoms with van der Waals surface area (Å²) >= 11 is 0. The highest BCUT2D eigenvalue weighted by atomic mass is 16.2. The van der Waals surface area contributed by atoms with Crippen LogP contribution in [0.15, 0.2) is 24.5 Å². The number of nitrogens with zero attached hydrogens (tertiary/aromatic N) is 3. The second kappa shape index (κ2) is 7.58. The van der Waals surface area contributed by atoms with Crippen molar-refractivity contribution in [2.45, 2.75) is 44.7 Å². The number of fused-ring (bicyclic) bond motifs is 1. The zero-order chi connectivity index (χ0) is 18.8. The number of urea groups is 1. The Morgan fingerprint density at radius 3 is 3.00 bits per heavy atom. The molecule has 7 nitrogen and oxygen atoms in total. The van der Waals surface area contributed by atoms with Gasteiger partial charge in [-0.1, -0.05) is 18.9 Å². The summed E-state index contributed by atoms with van der Waals surface area (Å²) in [5.74, 6) is 0.490. The standard InChI is InChI=1S/C20H27N5O2/c1-24(11-15-9-19(26)25(12-15)16-4-2-3-5-16)20(27)21-10-14-6-7-17-18(8-14)23-13-22-17/h6-8,13,15-16H,2-5,9-12H2,1H3,(H,21,27)(H,22,23)/t15-/m1/s1. The number of hydrogen-bond acceptors (Lipinski definition) is 3. The molecule has 144 valence electrons. The van der Waals surface area contributed by atoms with Crippen LogP contribution in [0.3, 0.4) is 0 Å². The van der Waals surface area contributed by atoms with E-state index in [-0.39, 0.29) is 17.9 Å². The molecule has 0 spiro atoms. The van der Waals surface area contributed by atoms with Crippen LogP contribution >= 0.6 is 0 Å². The first-order valence-corrected chi connectivity index (χ1v) is 9.80. The maximum atomic E-state index is 12.4. The van der Waals surface area contributed by atoms with Gasteiger partial charge in [0.15, 0.2) is 0 Å². The molecule has 1 saturated carbocycles. The van der Waals surface area contributed by atoms with E-state index in [1.807, 2.05) is 18.2 Å². The third kappa shape index (κ3) is 3.91. The minimum atomic E-state index is -0.105. The van der Waals surface area contributed by atoms with Gasteiger partial charge in [-0.2, -0.15) is 0 Å². The second-order valence-electron chi connectivity index (χ2n) is 7.85. The summed E-state index contributed by atoms with van der Waals surface area (Å²) in [7, 11) is 1.80. The molecule has 1 aliphatic carbocycles. The highest BCUT2D eigenvalue weighted by Gasteiger charge is 2.36. The van der Waals surface area contributed by atoms with Crippen molar-refractivity contribution in [3.63, 3.8) is 0 Å². The van der Waals surface area contributed by atoms with Gasteiger partial charge in [-0.05, 0) is 30.5 Å². The molecular formula is C20H27N5O2. The highest BCUT2D eigenvalue weighted by Crippen LogP contribution is 2.29. The van der Waals surface area contributed by atoms with E-state index in [4.69, 9.17) is 0 Å². The second-order valence-corrected chi connectivity index (χ2v) is 7.85. The van der Waals surface area contributed by atoms with E-state index < -0.39 is 0 Å². The largest absolute Gasteiger partial charge is 0.345 e. The fraction of sp³-hybridized carbons (Fsp3) is 0.550. The van der Waals surface area contributed by atoms with Crippen LogP contribution in [-0.2, 0) is 11.3 Å². The van der Waals surface area contributed by atoms with E-state index in [1.54, 1.807) is 18.3 Å². The molecule has 2 heterocycles. The number of carbonyl (C=O) groups is 2. The number of nitrogens with one attached hydrogen (secondary N) is 2. The van der Waals surface area contributed by atoms with Crippen LogP contribution in [-0.4, -0.2) is 57.9 Å². The first-order chi connectivity index (χ1) is 13.1. The first kappa shape index (κ1) is 17.8. The molecule has 0 radical (unpaired) electrons. The molecule has 1 saturated heterocycles. The zero-order valence-electron chi connectivity index (χ0n) is 15.8. The molecule has 7 heteroatoms. The number of imidazole rings is 1. The number of amides is 3. The van der Waals surface area contributed by atoms with Crippen LogP contribution in [0, 0.1) is 5.92 Å². The Hall–Kier alpha value is -2.57. The number of aromatic amines is 1. The molecule has 0 bridgehead atoms. The molecular weight excluding hydrogens is 342 g/mol. The zero-order valence-corrected chi connectivity index (χ0v) is 15.8. The molecule has 1 aliphatic heterocycles. The summed E-state index contributed by atoms with van der Waals surface area (Å²) in [5, 5.41) is 2.96. The van der Waals surface area contributed by atoms with Crippen molar-refractivity contribution in [3.05, 3.63) is 30.1 Å². The SMILES string of the molecule is CN(C[C@H]1CC(=O)N(C2CCCC2)C1)C(=O)NCc1ccc2nc[nH]c2c1. The van der Waals surface area contributed by atoms with Crippen LogP contribution in [0.1, 0.15) is 37.7 Å². The summed E-state index contributed by atoms with van der Waals surface area (Å²) in [6, 6.07) is 6.24. The van der Waals surface area contributed by atoms with Gasteiger partial charge in [0.2, 0.25) is 5.91 Å². The highest BCUT2D eigenvalue weighted by molar-refractivity contribution is 5.79. The van der Waals surface area contributed by atoms with Crippen molar-refractivity contribution in [2.75, 3.05) is 20.1 Å². The summed E-state index contributed by atoms with van der Waals surface area (Å²) in [4.78, 5) is 35.8. The molecule has 2 aliphatic rings. The van der Waals surface area contributed by atoms with Gasteiger partial charge in [0, 0.05) is 45.1 Å². The quantitative estimate of drug-likeness (QED) is 0.850. The summed E-state index contributed by atoms with van der Waals surface area (Å²) in [6.45, 7) is 1.87. The number of aromatic nitrogens is 2. The Bertz CT molecular complexity index is 827. The number of rotatable bonds is 5. The number of likely N-dealkylation sites (tertiary alicyclic amines) is 1. The van der Waals surface area contributed by atoms with Crippen LogP contribution < -0.4 is 5.32 Å². The maximum Gasteiger partial charge on any atom is 0.317 e. The van der Waals surface area contributed by atoms with Crippen molar-refractivity contribution in [1.82, 2.24) is 25.1 Å². The maximum absolute atomic E-state index is 12.4. The van der Waals surface area contributed by atoms with E-state index in [1.165, 1.54) is 12.8 Å². The molecule has 1 aromatic heterocycles. The lowest BCUT2D eigenvalue weighted by Crippen LogP contribution is -2.40. The minimum absolute atomic E-state index is 0.105. The number of H-pyrrole nitrogens is 1. The first-order valence-electron chi connectivity index (χ1n) is 9.80. The lowest BCUT2D eigenvalue weighted by Gasteiger charge is -2.25.